The number of aliphatic hydroxyl groups is 1. The fraction of sp³-hybridized carbons (Fsp3) is 0.588. The number of aryl methyl sites for hydroxylation is 2. The van der Waals surface area contributed by atoms with Gasteiger partial charge in [0.15, 0.2) is 0 Å². The third-order valence-electron chi connectivity index (χ3n) is 4.46. The third kappa shape index (κ3) is 4.00. The number of carbonyl (C=O) groups is 1. The summed E-state index contributed by atoms with van der Waals surface area (Å²) in [7, 11) is 0. The summed E-state index contributed by atoms with van der Waals surface area (Å²) in [5, 5.41) is 13.0. The fourth-order valence-electron chi connectivity index (χ4n) is 3.26. The minimum absolute atomic E-state index is 0.0640. The van der Waals surface area contributed by atoms with Gasteiger partial charge < -0.3 is 10.4 Å². The Kier molecular flexibility index (Phi) is 5.84. The molecular formula is C17H25ClN2O2. The van der Waals surface area contributed by atoms with Gasteiger partial charge in [0.2, 0.25) is 5.91 Å². The van der Waals surface area contributed by atoms with Crippen LogP contribution >= 0.6 is 11.6 Å². The fourth-order valence-corrected chi connectivity index (χ4v) is 3.63. The molecule has 122 valence electrons. The number of halogens is 1. The molecule has 1 aromatic rings. The van der Waals surface area contributed by atoms with Gasteiger partial charge in [0, 0.05) is 6.04 Å². The Morgan fingerprint density at radius 3 is 2.82 bits per heavy atom. The second kappa shape index (κ2) is 7.44. The van der Waals surface area contributed by atoms with Crippen LogP contribution in [-0.4, -0.2) is 41.7 Å². The molecule has 2 atom stereocenters. The molecule has 1 aromatic carbocycles. The molecule has 2 N–H and O–H groups in total. The number of hydrogen-bond donors (Lipinski definition) is 2. The highest BCUT2D eigenvalue weighted by molar-refractivity contribution is 6.34. The van der Waals surface area contributed by atoms with Gasteiger partial charge in [0.05, 0.1) is 23.9 Å². The maximum absolute atomic E-state index is 12.3. The maximum Gasteiger partial charge on any atom is 0.238 e. The molecule has 1 heterocycles. The van der Waals surface area contributed by atoms with Gasteiger partial charge in [0.1, 0.15) is 0 Å². The second-order valence-corrected chi connectivity index (χ2v) is 6.73. The number of nitrogens with one attached hydrogen (secondary N) is 1. The van der Waals surface area contributed by atoms with Crippen molar-refractivity contribution in [2.24, 2.45) is 5.92 Å². The van der Waals surface area contributed by atoms with Crippen molar-refractivity contribution in [3.05, 3.63) is 28.3 Å². The van der Waals surface area contributed by atoms with Crippen LogP contribution in [0.2, 0.25) is 5.02 Å². The number of piperidine rings is 1. The van der Waals surface area contributed by atoms with E-state index in [2.05, 4.69) is 17.1 Å². The molecule has 1 amide bonds. The first-order chi connectivity index (χ1) is 10.4. The molecule has 4 nitrogen and oxygen atoms in total. The van der Waals surface area contributed by atoms with E-state index in [1.807, 2.05) is 26.0 Å². The molecule has 1 aliphatic rings. The molecule has 1 saturated heterocycles. The number of amides is 1. The maximum atomic E-state index is 12.3. The highest BCUT2D eigenvalue weighted by Crippen LogP contribution is 2.28. The van der Waals surface area contributed by atoms with E-state index >= 15 is 0 Å². The molecular weight excluding hydrogens is 300 g/mol. The van der Waals surface area contributed by atoms with Gasteiger partial charge in [0.25, 0.3) is 0 Å². The molecule has 0 aromatic heterocycles. The van der Waals surface area contributed by atoms with E-state index in [0.29, 0.717) is 23.2 Å². The lowest BCUT2D eigenvalue weighted by atomic mass is 9.91. The highest BCUT2D eigenvalue weighted by atomic mass is 35.5. The summed E-state index contributed by atoms with van der Waals surface area (Å²) in [6.07, 6.45) is 2.17. The third-order valence-corrected chi connectivity index (χ3v) is 4.76. The first-order valence-electron chi connectivity index (χ1n) is 7.84. The average Bonchev–Trinajstić information content (AvgIpc) is 2.43. The summed E-state index contributed by atoms with van der Waals surface area (Å²) in [6.45, 7) is 7.28. The predicted octanol–water partition coefficient (Wildman–Crippen LogP) is 2.99. The van der Waals surface area contributed by atoms with Crippen LogP contribution < -0.4 is 5.32 Å². The number of hydrogen-bond acceptors (Lipinski definition) is 3. The minimum atomic E-state index is -0.0820. The molecule has 5 heteroatoms. The smallest absolute Gasteiger partial charge is 0.238 e. The molecule has 0 radical (unpaired) electrons. The number of anilines is 1. The van der Waals surface area contributed by atoms with E-state index in [4.69, 9.17) is 11.6 Å². The summed E-state index contributed by atoms with van der Waals surface area (Å²) in [5.74, 6) is 0.331. The van der Waals surface area contributed by atoms with Crippen LogP contribution in [0.4, 0.5) is 5.69 Å². The quantitative estimate of drug-likeness (QED) is 0.895. The lowest BCUT2D eigenvalue weighted by Gasteiger charge is -2.38. The summed E-state index contributed by atoms with van der Waals surface area (Å²) in [4.78, 5) is 14.4. The summed E-state index contributed by atoms with van der Waals surface area (Å²) in [6, 6.07) is 3.92. The lowest BCUT2D eigenvalue weighted by molar-refractivity contribution is -0.118. The Hall–Kier alpha value is -1.10. The molecule has 0 bridgehead atoms. The lowest BCUT2D eigenvalue weighted by Crippen LogP contribution is -2.49. The monoisotopic (exact) mass is 324 g/mol. The minimum Gasteiger partial charge on any atom is -0.395 e. The van der Waals surface area contributed by atoms with Crippen molar-refractivity contribution < 1.29 is 9.90 Å². The van der Waals surface area contributed by atoms with Gasteiger partial charge in [-0.15, -0.1) is 0 Å². The Morgan fingerprint density at radius 1 is 1.45 bits per heavy atom. The van der Waals surface area contributed by atoms with Crippen LogP contribution in [0.3, 0.4) is 0 Å². The van der Waals surface area contributed by atoms with E-state index in [0.717, 1.165) is 30.5 Å². The van der Waals surface area contributed by atoms with Gasteiger partial charge in [-0.05, 0) is 56.3 Å². The van der Waals surface area contributed by atoms with Crippen molar-refractivity contribution in [3.8, 4) is 0 Å². The van der Waals surface area contributed by atoms with Crippen molar-refractivity contribution in [1.82, 2.24) is 4.90 Å². The van der Waals surface area contributed by atoms with Crippen molar-refractivity contribution in [2.75, 3.05) is 25.0 Å². The van der Waals surface area contributed by atoms with Crippen LogP contribution in [0.25, 0.3) is 0 Å². The molecule has 1 fully saturated rings. The van der Waals surface area contributed by atoms with Crippen molar-refractivity contribution in [2.45, 2.75) is 39.7 Å². The van der Waals surface area contributed by atoms with E-state index in [1.165, 1.54) is 0 Å². The second-order valence-electron chi connectivity index (χ2n) is 6.33. The number of likely N-dealkylation sites (tertiary alicyclic amines) is 1. The van der Waals surface area contributed by atoms with E-state index < -0.39 is 0 Å². The molecule has 0 spiro atoms. The van der Waals surface area contributed by atoms with Gasteiger partial charge >= 0.3 is 0 Å². The number of benzene rings is 1. The van der Waals surface area contributed by atoms with Crippen molar-refractivity contribution >= 4 is 23.2 Å². The number of nitrogens with zero attached hydrogens (tertiary/aromatic N) is 1. The normalized spacial score (nSPS) is 22.6. The summed E-state index contributed by atoms with van der Waals surface area (Å²) in [5.41, 5.74) is 2.72. The van der Waals surface area contributed by atoms with Crippen molar-refractivity contribution in [1.29, 1.82) is 0 Å². The first kappa shape index (κ1) is 17.3. The van der Waals surface area contributed by atoms with Gasteiger partial charge in [-0.1, -0.05) is 24.6 Å². The largest absolute Gasteiger partial charge is 0.395 e. The molecule has 22 heavy (non-hydrogen) atoms. The van der Waals surface area contributed by atoms with Gasteiger partial charge in [-0.2, -0.15) is 0 Å². The standard InChI is InChI=1S/C17H25ClN2O2/c1-11-7-13(3)17(14(18)8-11)19-16(22)9-20-6-4-5-12(2)15(20)10-21/h7-8,12,15,21H,4-6,9-10H2,1-3H3,(H,19,22). The zero-order valence-electron chi connectivity index (χ0n) is 13.5. The molecule has 0 saturated carbocycles. The van der Waals surface area contributed by atoms with E-state index in [-0.39, 0.29) is 18.6 Å². The summed E-state index contributed by atoms with van der Waals surface area (Å²) >= 11 is 6.23. The van der Waals surface area contributed by atoms with Gasteiger partial charge in [-0.3, -0.25) is 9.69 Å². The van der Waals surface area contributed by atoms with Crippen LogP contribution in [-0.2, 0) is 4.79 Å². The summed E-state index contributed by atoms with van der Waals surface area (Å²) < 4.78 is 0. The first-order valence-corrected chi connectivity index (χ1v) is 8.21. The van der Waals surface area contributed by atoms with Crippen molar-refractivity contribution in [3.63, 3.8) is 0 Å². The average molecular weight is 325 g/mol. The molecule has 2 rings (SSSR count). The van der Waals surface area contributed by atoms with E-state index in [1.54, 1.807) is 0 Å². The van der Waals surface area contributed by atoms with Gasteiger partial charge in [-0.25, -0.2) is 0 Å². The highest BCUT2D eigenvalue weighted by Gasteiger charge is 2.29. The Labute approximate surface area is 137 Å². The zero-order valence-corrected chi connectivity index (χ0v) is 14.3. The molecule has 1 aliphatic heterocycles. The zero-order chi connectivity index (χ0) is 16.3. The predicted molar refractivity (Wildman–Crippen MR) is 90.4 cm³/mol. The molecule has 0 aliphatic carbocycles. The Bertz CT molecular complexity index is 524. The number of aliphatic hydroxyl groups excluding tert-OH is 1. The van der Waals surface area contributed by atoms with E-state index in [9.17, 15) is 9.90 Å². The SMILES string of the molecule is Cc1cc(C)c(NC(=O)CN2CCCC(C)C2CO)c(Cl)c1. The Morgan fingerprint density at radius 2 is 2.18 bits per heavy atom. The van der Waals surface area contributed by atoms with Crippen LogP contribution in [0, 0.1) is 19.8 Å². The van der Waals surface area contributed by atoms with Crippen LogP contribution in [0.1, 0.15) is 30.9 Å². The number of carbonyl (C=O) groups excluding carboxylic acids is 1. The Balaban J connectivity index is 2.04. The van der Waals surface area contributed by atoms with Crippen LogP contribution in [0.15, 0.2) is 12.1 Å². The van der Waals surface area contributed by atoms with Crippen LogP contribution in [0.5, 0.6) is 0 Å². The molecule has 2 unspecified atom stereocenters. The number of rotatable bonds is 4. The topological polar surface area (TPSA) is 52.6 Å².